The minimum Gasteiger partial charge on any atom is -0.329 e. The highest BCUT2D eigenvalue weighted by atomic mass is 32.2. The molecule has 3 unspecified atom stereocenters. The molecule has 1 aliphatic carbocycles. The number of imidazole rings is 1. The molecule has 0 radical (unpaired) electrons. The smallest absolute Gasteiger partial charge is 0.167 e. The van der Waals surface area contributed by atoms with Gasteiger partial charge in [0.25, 0.3) is 0 Å². The summed E-state index contributed by atoms with van der Waals surface area (Å²) in [6.07, 6.45) is 7.53. The summed E-state index contributed by atoms with van der Waals surface area (Å²) in [5, 5.41) is 1.62. The van der Waals surface area contributed by atoms with E-state index in [1.807, 2.05) is 31.2 Å². The van der Waals surface area contributed by atoms with E-state index in [9.17, 15) is 0 Å². The standard InChI is InChI=1S/C13H23N3S/c1-9(2)10-4-5-11(14)12(8-10)17-13-15-6-7-16(13)3/h6-7,9-12H,4-5,8,14H2,1-3H3. The van der Waals surface area contributed by atoms with Gasteiger partial charge in [-0.1, -0.05) is 25.6 Å². The first-order valence-electron chi connectivity index (χ1n) is 6.47. The van der Waals surface area contributed by atoms with Gasteiger partial charge in [0.05, 0.1) is 0 Å². The fraction of sp³-hybridized carbons (Fsp3) is 0.769. The molecule has 2 N–H and O–H groups in total. The third kappa shape index (κ3) is 3.05. The summed E-state index contributed by atoms with van der Waals surface area (Å²) < 4.78 is 2.08. The van der Waals surface area contributed by atoms with Gasteiger partial charge in [-0.2, -0.15) is 0 Å². The van der Waals surface area contributed by atoms with E-state index in [-0.39, 0.29) is 0 Å². The summed E-state index contributed by atoms with van der Waals surface area (Å²) >= 11 is 1.85. The van der Waals surface area contributed by atoms with Crippen molar-refractivity contribution in [3.05, 3.63) is 12.4 Å². The van der Waals surface area contributed by atoms with Crippen molar-refractivity contribution in [3.63, 3.8) is 0 Å². The van der Waals surface area contributed by atoms with E-state index in [1.54, 1.807) is 0 Å². The van der Waals surface area contributed by atoms with Crippen LogP contribution in [-0.2, 0) is 7.05 Å². The van der Waals surface area contributed by atoms with Gasteiger partial charge in [0.15, 0.2) is 5.16 Å². The second-order valence-electron chi connectivity index (χ2n) is 5.46. The van der Waals surface area contributed by atoms with Gasteiger partial charge in [0, 0.05) is 30.7 Å². The molecular weight excluding hydrogens is 230 g/mol. The van der Waals surface area contributed by atoms with Crippen molar-refractivity contribution >= 4 is 11.8 Å². The predicted molar refractivity (Wildman–Crippen MR) is 73.0 cm³/mol. The molecule has 3 atom stereocenters. The molecule has 1 aromatic rings. The maximum Gasteiger partial charge on any atom is 0.167 e. The number of aryl methyl sites for hydroxylation is 1. The third-order valence-corrected chi connectivity index (χ3v) is 5.31. The fourth-order valence-electron chi connectivity index (χ4n) is 2.53. The van der Waals surface area contributed by atoms with Crippen molar-refractivity contribution in [1.82, 2.24) is 9.55 Å². The Bertz CT molecular complexity index is 361. The quantitative estimate of drug-likeness (QED) is 0.900. The predicted octanol–water partition coefficient (Wildman–Crippen LogP) is 2.66. The Labute approximate surface area is 108 Å². The molecule has 0 spiro atoms. The van der Waals surface area contributed by atoms with Crippen molar-refractivity contribution < 1.29 is 0 Å². The molecule has 17 heavy (non-hydrogen) atoms. The Morgan fingerprint density at radius 3 is 2.82 bits per heavy atom. The van der Waals surface area contributed by atoms with Crippen molar-refractivity contribution in [2.24, 2.45) is 24.6 Å². The molecule has 96 valence electrons. The van der Waals surface area contributed by atoms with Gasteiger partial charge in [-0.05, 0) is 31.1 Å². The van der Waals surface area contributed by atoms with Gasteiger partial charge in [0.1, 0.15) is 0 Å². The van der Waals surface area contributed by atoms with E-state index < -0.39 is 0 Å². The Kier molecular flexibility index (Phi) is 4.15. The van der Waals surface area contributed by atoms with E-state index >= 15 is 0 Å². The van der Waals surface area contributed by atoms with Crippen molar-refractivity contribution in [1.29, 1.82) is 0 Å². The molecule has 0 amide bonds. The van der Waals surface area contributed by atoms with E-state index in [4.69, 9.17) is 5.73 Å². The van der Waals surface area contributed by atoms with Gasteiger partial charge in [0.2, 0.25) is 0 Å². The van der Waals surface area contributed by atoms with Crippen LogP contribution in [-0.4, -0.2) is 20.8 Å². The minimum absolute atomic E-state index is 0.326. The molecule has 4 heteroatoms. The zero-order valence-corrected chi connectivity index (χ0v) is 11.8. The van der Waals surface area contributed by atoms with Crippen molar-refractivity contribution in [2.45, 2.75) is 49.6 Å². The van der Waals surface area contributed by atoms with Crippen molar-refractivity contribution in [2.75, 3.05) is 0 Å². The molecule has 3 nitrogen and oxygen atoms in total. The summed E-state index contributed by atoms with van der Waals surface area (Å²) in [5.74, 6) is 1.60. The third-order valence-electron chi connectivity index (χ3n) is 3.86. The maximum absolute atomic E-state index is 6.25. The molecule has 1 heterocycles. The van der Waals surface area contributed by atoms with Crippen LogP contribution < -0.4 is 5.73 Å². The average molecular weight is 253 g/mol. The van der Waals surface area contributed by atoms with Crippen LogP contribution in [0, 0.1) is 11.8 Å². The molecule has 0 aromatic carbocycles. The fourth-order valence-corrected chi connectivity index (χ4v) is 3.80. The van der Waals surface area contributed by atoms with Crippen LogP contribution in [0.1, 0.15) is 33.1 Å². The van der Waals surface area contributed by atoms with Gasteiger partial charge >= 0.3 is 0 Å². The van der Waals surface area contributed by atoms with Gasteiger partial charge in [-0.3, -0.25) is 0 Å². The normalized spacial score (nSPS) is 29.8. The van der Waals surface area contributed by atoms with Crippen molar-refractivity contribution in [3.8, 4) is 0 Å². The highest BCUT2D eigenvalue weighted by Gasteiger charge is 2.31. The molecule has 0 bridgehead atoms. The molecule has 0 aliphatic heterocycles. The topological polar surface area (TPSA) is 43.8 Å². The van der Waals surface area contributed by atoms with Gasteiger partial charge in [-0.15, -0.1) is 0 Å². The number of hydrogen-bond acceptors (Lipinski definition) is 3. The summed E-state index contributed by atoms with van der Waals surface area (Å²) in [6.45, 7) is 4.65. The molecule has 1 saturated carbocycles. The van der Waals surface area contributed by atoms with Gasteiger partial charge in [-0.25, -0.2) is 4.98 Å². The minimum atomic E-state index is 0.326. The number of nitrogens with zero attached hydrogens (tertiary/aromatic N) is 2. The average Bonchev–Trinajstić information content (AvgIpc) is 2.67. The largest absolute Gasteiger partial charge is 0.329 e. The van der Waals surface area contributed by atoms with E-state index in [0.29, 0.717) is 11.3 Å². The SMILES string of the molecule is CC(C)C1CCC(N)C(Sc2nccn2C)C1. The van der Waals surface area contributed by atoms with Crippen LogP contribution in [0.15, 0.2) is 17.6 Å². The Morgan fingerprint density at radius 2 is 2.24 bits per heavy atom. The lowest BCUT2D eigenvalue weighted by Crippen LogP contribution is -2.39. The second kappa shape index (κ2) is 5.44. The first-order chi connectivity index (χ1) is 8.08. The Morgan fingerprint density at radius 1 is 1.47 bits per heavy atom. The lowest BCUT2D eigenvalue weighted by Gasteiger charge is -2.35. The highest BCUT2D eigenvalue weighted by molar-refractivity contribution is 7.99. The van der Waals surface area contributed by atoms with Crippen LogP contribution in [0.3, 0.4) is 0 Å². The highest BCUT2D eigenvalue weighted by Crippen LogP contribution is 2.37. The van der Waals surface area contributed by atoms with Gasteiger partial charge < -0.3 is 10.3 Å². The molecular formula is C13H23N3S. The second-order valence-corrected chi connectivity index (χ2v) is 6.66. The number of aromatic nitrogens is 2. The first-order valence-corrected chi connectivity index (χ1v) is 7.35. The summed E-state index contributed by atoms with van der Waals surface area (Å²) in [6, 6.07) is 0.326. The maximum atomic E-state index is 6.25. The number of nitrogens with two attached hydrogens (primary N) is 1. The Hall–Kier alpha value is -0.480. The van der Waals surface area contributed by atoms with E-state index in [0.717, 1.165) is 23.4 Å². The number of rotatable bonds is 3. The molecule has 2 rings (SSSR count). The molecule has 1 aromatic heterocycles. The van der Waals surface area contributed by atoms with Crippen LogP contribution in [0.5, 0.6) is 0 Å². The van der Waals surface area contributed by atoms with Crippen LogP contribution in [0.2, 0.25) is 0 Å². The number of hydrogen-bond donors (Lipinski definition) is 1. The van der Waals surface area contributed by atoms with Crippen LogP contribution in [0.25, 0.3) is 0 Å². The lowest BCUT2D eigenvalue weighted by molar-refractivity contribution is 0.266. The monoisotopic (exact) mass is 253 g/mol. The molecule has 0 saturated heterocycles. The van der Waals surface area contributed by atoms with Crippen LogP contribution in [0.4, 0.5) is 0 Å². The zero-order valence-electron chi connectivity index (χ0n) is 11.0. The number of thioether (sulfide) groups is 1. The first kappa shape index (κ1) is 13.0. The van der Waals surface area contributed by atoms with E-state index in [2.05, 4.69) is 23.4 Å². The van der Waals surface area contributed by atoms with Crippen LogP contribution >= 0.6 is 11.8 Å². The zero-order chi connectivity index (χ0) is 12.4. The summed E-state index contributed by atoms with van der Waals surface area (Å²) in [4.78, 5) is 4.38. The van der Waals surface area contributed by atoms with E-state index in [1.165, 1.54) is 12.8 Å². The Balaban J connectivity index is 2.01. The summed E-state index contributed by atoms with van der Waals surface area (Å²) in [7, 11) is 2.05. The molecule has 1 fully saturated rings. The summed E-state index contributed by atoms with van der Waals surface area (Å²) in [5.41, 5.74) is 6.25. The lowest BCUT2D eigenvalue weighted by atomic mass is 9.79. The molecule has 1 aliphatic rings.